The molecule has 0 bridgehead atoms. The van der Waals surface area contributed by atoms with Crippen molar-refractivity contribution in [2.45, 2.75) is 63.8 Å². The highest BCUT2D eigenvalue weighted by Gasteiger charge is 2.41. The summed E-state index contributed by atoms with van der Waals surface area (Å²) in [6, 6.07) is 0. The van der Waals surface area contributed by atoms with Crippen molar-refractivity contribution in [1.29, 1.82) is 0 Å². The summed E-state index contributed by atoms with van der Waals surface area (Å²) in [6.45, 7) is 2.31. The SMILES string of the molecule is CCC1CCC(N)(C2CCCC2)C1. The zero-order valence-electron chi connectivity index (χ0n) is 8.89. The van der Waals surface area contributed by atoms with Gasteiger partial charge in [0.2, 0.25) is 0 Å². The topological polar surface area (TPSA) is 26.0 Å². The van der Waals surface area contributed by atoms with Crippen molar-refractivity contribution in [3.63, 3.8) is 0 Å². The summed E-state index contributed by atoms with van der Waals surface area (Å²) in [7, 11) is 0. The Labute approximate surface area is 82.1 Å². The zero-order valence-corrected chi connectivity index (χ0v) is 8.89. The summed E-state index contributed by atoms with van der Waals surface area (Å²) >= 11 is 0. The molecule has 2 N–H and O–H groups in total. The molecule has 13 heavy (non-hydrogen) atoms. The Morgan fingerprint density at radius 2 is 1.92 bits per heavy atom. The second-order valence-electron chi connectivity index (χ2n) is 5.23. The molecule has 0 aromatic rings. The van der Waals surface area contributed by atoms with Crippen molar-refractivity contribution < 1.29 is 0 Å². The van der Waals surface area contributed by atoms with Gasteiger partial charge in [0.05, 0.1) is 0 Å². The second-order valence-corrected chi connectivity index (χ2v) is 5.23. The van der Waals surface area contributed by atoms with Crippen LogP contribution >= 0.6 is 0 Å². The second kappa shape index (κ2) is 3.61. The molecular weight excluding hydrogens is 158 g/mol. The van der Waals surface area contributed by atoms with E-state index in [1.807, 2.05) is 0 Å². The van der Waals surface area contributed by atoms with Gasteiger partial charge in [0, 0.05) is 5.54 Å². The Balaban J connectivity index is 1.96. The lowest BCUT2D eigenvalue weighted by Gasteiger charge is -2.31. The molecule has 0 spiro atoms. The third-order valence-corrected chi connectivity index (χ3v) is 4.43. The fourth-order valence-electron chi connectivity index (χ4n) is 3.43. The molecule has 0 amide bonds. The molecule has 2 rings (SSSR count). The fraction of sp³-hybridized carbons (Fsp3) is 1.00. The van der Waals surface area contributed by atoms with Crippen LogP contribution in [0.4, 0.5) is 0 Å². The molecule has 1 nitrogen and oxygen atoms in total. The largest absolute Gasteiger partial charge is 0.325 e. The van der Waals surface area contributed by atoms with Gasteiger partial charge in [-0.25, -0.2) is 0 Å². The molecule has 2 unspecified atom stereocenters. The minimum atomic E-state index is 0.247. The van der Waals surface area contributed by atoms with E-state index in [4.69, 9.17) is 5.73 Å². The average Bonchev–Trinajstić information content (AvgIpc) is 2.72. The van der Waals surface area contributed by atoms with Crippen molar-refractivity contribution in [3.8, 4) is 0 Å². The molecule has 1 heteroatoms. The van der Waals surface area contributed by atoms with Gasteiger partial charge in [0.15, 0.2) is 0 Å². The maximum atomic E-state index is 6.53. The standard InChI is InChI=1S/C12H23N/c1-2-10-7-8-12(13,9-10)11-5-3-4-6-11/h10-11H,2-9,13H2,1H3. The molecule has 2 aliphatic carbocycles. The van der Waals surface area contributed by atoms with Crippen LogP contribution < -0.4 is 5.73 Å². The van der Waals surface area contributed by atoms with Crippen LogP contribution in [0.2, 0.25) is 0 Å². The summed E-state index contributed by atoms with van der Waals surface area (Å²) in [6.07, 6.45) is 11.0. The first-order valence-electron chi connectivity index (χ1n) is 6.03. The zero-order chi connectivity index (χ0) is 9.31. The number of rotatable bonds is 2. The summed E-state index contributed by atoms with van der Waals surface area (Å²) in [5.74, 6) is 1.80. The van der Waals surface area contributed by atoms with E-state index < -0.39 is 0 Å². The minimum absolute atomic E-state index is 0.247. The summed E-state index contributed by atoms with van der Waals surface area (Å²) in [5.41, 5.74) is 6.78. The monoisotopic (exact) mass is 181 g/mol. The van der Waals surface area contributed by atoms with Crippen LogP contribution in [0.3, 0.4) is 0 Å². The first-order valence-corrected chi connectivity index (χ1v) is 6.03. The van der Waals surface area contributed by atoms with Gasteiger partial charge in [-0.05, 0) is 43.9 Å². The van der Waals surface area contributed by atoms with E-state index in [1.54, 1.807) is 0 Å². The van der Waals surface area contributed by atoms with E-state index in [1.165, 1.54) is 51.4 Å². The maximum Gasteiger partial charge on any atom is 0.0185 e. The number of hydrogen-bond donors (Lipinski definition) is 1. The van der Waals surface area contributed by atoms with Gasteiger partial charge in [0.1, 0.15) is 0 Å². The van der Waals surface area contributed by atoms with Crippen LogP contribution in [0.1, 0.15) is 58.3 Å². The van der Waals surface area contributed by atoms with Crippen molar-refractivity contribution in [1.82, 2.24) is 0 Å². The number of hydrogen-bond acceptors (Lipinski definition) is 1. The summed E-state index contributed by atoms with van der Waals surface area (Å²) in [4.78, 5) is 0. The molecule has 2 saturated carbocycles. The predicted molar refractivity (Wildman–Crippen MR) is 56.5 cm³/mol. The van der Waals surface area contributed by atoms with Gasteiger partial charge < -0.3 is 5.73 Å². The summed E-state index contributed by atoms with van der Waals surface area (Å²) in [5, 5.41) is 0. The predicted octanol–water partition coefficient (Wildman–Crippen LogP) is 3.08. The third-order valence-electron chi connectivity index (χ3n) is 4.43. The molecule has 76 valence electrons. The normalized spacial score (nSPS) is 41.5. The average molecular weight is 181 g/mol. The number of nitrogens with two attached hydrogens (primary N) is 1. The minimum Gasteiger partial charge on any atom is -0.325 e. The maximum absolute atomic E-state index is 6.53. The molecule has 0 aromatic heterocycles. The van der Waals surface area contributed by atoms with Crippen LogP contribution in [-0.2, 0) is 0 Å². The van der Waals surface area contributed by atoms with Gasteiger partial charge >= 0.3 is 0 Å². The van der Waals surface area contributed by atoms with E-state index in [-0.39, 0.29) is 5.54 Å². The lowest BCUT2D eigenvalue weighted by atomic mass is 9.81. The lowest BCUT2D eigenvalue weighted by Crippen LogP contribution is -2.43. The van der Waals surface area contributed by atoms with Gasteiger partial charge in [-0.3, -0.25) is 0 Å². The molecular formula is C12H23N. The van der Waals surface area contributed by atoms with Crippen molar-refractivity contribution in [3.05, 3.63) is 0 Å². The highest BCUT2D eigenvalue weighted by Crippen LogP contribution is 2.45. The van der Waals surface area contributed by atoms with Crippen LogP contribution in [0.25, 0.3) is 0 Å². The van der Waals surface area contributed by atoms with Crippen LogP contribution in [0.15, 0.2) is 0 Å². The Morgan fingerprint density at radius 3 is 2.46 bits per heavy atom. The molecule has 0 heterocycles. The van der Waals surface area contributed by atoms with E-state index in [9.17, 15) is 0 Å². The molecule has 0 radical (unpaired) electrons. The van der Waals surface area contributed by atoms with Crippen LogP contribution in [0.5, 0.6) is 0 Å². The van der Waals surface area contributed by atoms with Crippen molar-refractivity contribution >= 4 is 0 Å². The Morgan fingerprint density at radius 1 is 1.23 bits per heavy atom. The fourth-order valence-corrected chi connectivity index (χ4v) is 3.43. The van der Waals surface area contributed by atoms with E-state index in [2.05, 4.69) is 6.92 Å². The van der Waals surface area contributed by atoms with Gasteiger partial charge in [-0.1, -0.05) is 26.2 Å². The van der Waals surface area contributed by atoms with Gasteiger partial charge in [-0.2, -0.15) is 0 Å². The van der Waals surface area contributed by atoms with Gasteiger partial charge in [0.25, 0.3) is 0 Å². The van der Waals surface area contributed by atoms with Crippen molar-refractivity contribution in [2.24, 2.45) is 17.6 Å². The third kappa shape index (κ3) is 1.76. The highest BCUT2D eigenvalue weighted by atomic mass is 14.8. The summed E-state index contributed by atoms with van der Waals surface area (Å²) < 4.78 is 0. The van der Waals surface area contributed by atoms with Crippen LogP contribution in [0, 0.1) is 11.8 Å². The smallest absolute Gasteiger partial charge is 0.0185 e. The van der Waals surface area contributed by atoms with E-state index in [0.29, 0.717) is 0 Å². The quantitative estimate of drug-likeness (QED) is 0.696. The molecule has 0 aliphatic heterocycles. The Kier molecular flexibility index (Phi) is 2.64. The van der Waals surface area contributed by atoms with E-state index >= 15 is 0 Å². The molecule has 2 aliphatic rings. The van der Waals surface area contributed by atoms with Crippen molar-refractivity contribution in [2.75, 3.05) is 0 Å². The first-order chi connectivity index (χ1) is 6.24. The first kappa shape index (κ1) is 9.51. The van der Waals surface area contributed by atoms with Crippen LogP contribution in [-0.4, -0.2) is 5.54 Å². The Bertz CT molecular complexity index is 172. The highest BCUT2D eigenvalue weighted by molar-refractivity contribution is 4.99. The Hall–Kier alpha value is -0.0400. The molecule has 2 atom stereocenters. The molecule has 0 saturated heterocycles. The molecule has 0 aromatic carbocycles. The van der Waals surface area contributed by atoms with Gasteiger partial charge in [-0.15, -0.1) is 0 Å². The van der Waals surface area contributed by atoms with E-state index in [0.717, 1.165) is 11.8 Å². The molecule has 2 fully saturated rings. The lowest BCUT2D eigenvalue weighted by molar-refractivity contribution is 0.270.